The van der Waals surface area contributed by atoms with E-state index in [-0.39, 0.29) is 30.7 Å². The SMILES string of the molecule is CC1CCCN(Cc2ccccc2CNC(=O)[C@@H](C)N)C1.Cl.Cl. The number of likely N-dealkylation sites (tertiary alicyclic amines) is 1. The lowest BCUT2D eigenvalue weighted by Crippen LogP contribution is -2.38. The molecule has 1 amide bonds. The van der Waals surface area contributed by atoms with Crippen molar-refractivity contribution in [3.63, 3.8) is 0 Å². The van der Waals surface area contributed by atoms with E-state index < -0.39 is 6.04 Å². The monoisotopic (exact) mass is 361 g/mol. The fraction of sp³-hybridized carbons (Fsp3) is 0.588. The number of hydrogen-bond donors (Lipinski definition) is 2. The van der Waals surface area contributed by atoms with Gasteiger partial charge in [-0.25, -0.2) is 0 Å². The normalized spacial score (nSPS) is 19.2. The zero-order valence-electron chi connectivity index (χ0n) is 14.0. The van der Waals surface area contributed by atoms with Crippen molar-refractivity contribution in [2.45, 2.75) is 45.8 Å². The minimum Gasteiger partial charge on any atom is -0.351 e. The van der Waals surface area contributed by atoms with Gasteiger partial charge in [-0.15, -0.1) is 24.8 Å². The quantitative estimate of drug-likeness (QED) is 0.847. The van der Waals surface area contributed by atoms with Gasteiger partial charge in [0.2, 0.25) is 5.91 Å². The van der Waals surface area contributed by atoms with Crippen LogP contribution in [0.25, 0.3) is 0 Å². The van der Waals surface area contributed by atoms with Crippen LogP contribution in [0.15, 0.2) is 24.3 Å². The van der Waals surface area contributed by atoms with E-state index in [1.165, 1.54) is 37.1 Å². The number of carbonyl (C=O) groups excluding carboxylic acids is 1. The zero-order valence-corrected chi connectivity index (χ0v) is 15.6. The molecule has 1 aliphatic rings. The topological polar surface area (TPSA) is 58.4 Å². The molecule has 0 bridgehead atoms. The van der Waals surface area contributed by atoms with Crippen LogP contribution in [0.3, 0.4) is 0 Å². The maximum Gasteiger partial charge on any atom is 0.236 e. The lowest BCUT2D eigenvalue weighted by molar-refractivity contribution is -0.122. The molecule has 1 unspecified atom stereocenters. The number of halogens is 2. The summed E-state index contributed by atoms with van der Waals surface area (Å²) in [5.74, 6) is 0.681. The number of nitrogens with one attached hydrogen (secondary N) is 1. The number of benzene rings is 1. The van der Waals surface area contributed by atoms with Crippen molar-refractivity contribution in [1.29, 1.82) is 0 Å². The minimum absolute atomic E-state index is 0. The van der Waals surface area contributed by atoms with E-state index in [0.717, 1.165) is 12.5 Å². The molecule has 0 saturated carbocycles. The zero-order chi connectivity index (χ0) is 15.2. The number of nitrogens with zero attached hydrogens (tertiary/aromatic N) is 1. The van der Waals surface area contributed by atoms with Crippen molar-refractivity contribution in [2.24, 2.45) is 11.7 Å². The van der Waals surface area contributed by atoms with Gasteiger partial charge in [-0.1, -0.05) is 31.2 Å². The van der Waals surface area contributed by atoms with E-state index in [4.69, 9.17) is 5.73 Å². The molecular formula is C17H29Cl2N3O. The molecule has 23 heavy (non-hydrogen) atoms. The lowest BCUT2D eigenvalue weighted by Gasteiger charge is -2.31. The Balaban J connectivity index is 0.00000242. The molecule has 3 N–H and O–H groups in total. The number of amides is 1. The standard InChI is InChI=1S/C17H27N3O.2ClH/c1-13-6-5-9-20(11-13)12-16-8-4-3-7-15(16)10-19-17(21)14(2)18;;/h3-4,7-8,13-14H,5-6,9-12,18H2,1-2H3,(H,19,21);2*1H/t13?,14-;;/m1../s1. The summed E-state index contributed by atoms with van der Waals surface area (Å²) < 4.78 is 0. The van der Waals surface area contributed by atoms with Gasteiger partial charge < -0.3 is 11.1 Å². The van der Waals surface area contributed by atoms with Gasteiger partial charge in [-0.2, -0.15) is 0 Å². The van der Waals surface area contributed by atoms with Crippen molar-refractivity contribution in [3.05, 3.63) is 35.4 Å². The number of rotatable bonds is 5. The Hall–Kier alpha value is -0.810. The van der Waals surface area contributed by atoms with E-state index >= 15 is 0 Å². The second-order valence-corrected chi connectivity index (χ2v) is 6.26. The molecule has 1 saturated heterocycles. The largest absolute Gasteiger partial charge is 0.351 e. The van der Waals surface area contributed by atoms with Gasteiger partial charge in [0, 0.05) is 19.6 Å². The highest BCUT2D eigenvalue weighted by Gasteiger charge is 2.17. The van der Waals surface area contributed by atoms with Crippen molar-refractivity contribution < 1.29 is 4.79 Å². The van der Waals surface area contributed by atoms with Crippen LogP contribution in [0.5, 0.6) is 0 Å². The Bertz CT molecular complexity index is 483. The number of nitrogens with two attached hydrogens (primary N) is 1. The molecule has 1 aromatic carbocycles. The van der Waals surface area contributed by atoms with Crippen LogP contribution >= 0.6 is 24.8 Å². The molecule has 1 aliphatic heterocycles. The Kier molecular flexibility index (Phi) is 10.5. The molecule has 4 nitrogen and oxygen atoms in total. The number of carbonyl (C=O) groups is 1. The van der Waals surface area contributed by atoms with Gasteiger partial charge in [0.1, 0.15) is 0 Å². The number of piperidine rings is 1. The third-order valence-electron chi connectivity index (χ3n) is 4.12. The molecule has 0 aliphatic carbocycles. The van der Waals surface area contributed by atoms with Crippen LogP contribution in [-0.4, -0.2) is 29.9 Å². The summed E-state index contributed by atoms with van der Waals surface area (Å²) in [7, 11) is 0. The van der Waals surface area contributed by atoms with Crippen LogP contribution in [0.1, 0.15) is 37.8 Å². The Morgan fingerprint density at radius 1 is 1.35 bits per heavy atom. The third kappa shape index (κ3) is 7.08. The Morgan fingerprint density at radius 2 is 2.00 bits per heavy atom. The molecule has 0 spiro atoms. The van der Waals surface area contributed by atoms with E-state index in [1.54, 1.807) is 6.92 Å². The summed E-state index contributed by atoms with van der Waals surface area (Å²) in [6.45, 7) is 7.89. The summed E-state index contributed by atoms with van der Waals surface area (Å²) >= 11 is 0. The summed E-state index contributed by atoms with van der Waals surface area (Å²) in [4.78, 5) is 14.1. The predicted octanol–water partition coefficient (Wildman–Crippen LogP) is 2.73. The molecule has 1 heterocycles. The van der Waals surface area contributed by atoms with Crippen molar-refractivity contribution in [3.8, 4) is 0 Å². The van der Waals surface area contributed by atoms with E-state index in [0.29, 0.717) is 6.54 Å². The molecular weight excluding hydrogens is 333 g/mol. The molecule has 0 radical (unpaired) electrons. The van der Waals surface area contributed by atoms with Crippen LogP contribution in [-0.2, 0) is 17.9 Å². The molecule has 2 atom stereocenters. The highest BCUT2D eigenvalue weighted by atomic mass is 35.5. The Labute approximate surface area is 152 Å². The summed E-state index contributed by atoms with van der Waals surface area (Å²) in [6.07, 6.45) is 2.62. The highest BCUT2D eigenvalue weighted by Crippen LogP contribution is 2.19. The van der Waals surface area contributed by atoms with E-state index in [9.17, 15) is 4.79 Å². The summed E-state index contributed by atoms with van der Waals surface area (Å²) in [6, 6.07) is 7.88. The average molecular weight is 362 g/mol. The second-order valence-electron chi connectivity index (χ2n) is 6.26. The summed E-state index contributed by atoms with van der Waals surface area (Å²) in [5.41, 5.74) is 8.07. The van der Waals surface area contributed by atoms with Crippen molar-refractivity contribution in [1.82, 2.24) is 10.2 Å². The highest BCUT2D eigenvalue weighted by molar-refractivity contribution is 5.85. The van der Waals surface area contributed by atoms with Crippen molar-refractivity contribution >= 4 is 30.7 Å². The van der Waals surface area contributed by atoms with Gasteiger partial charge >= 0.3 is 0 Å². The van der Waals surface area contributed by atoms with E-state index in [2.05, 4.69) is 35.3 Å². The molecule has 1 fully saturated rings. The van der Waals surface area contributed by atoms with Gasteiger partial charge in [-0.05, 0) is 43.4 Å². The molecule has 6 heteroatoms. The average Bonchev–Trinajstić information content (AvgIpc) is 2.46. The van der Waals surface area contributed by atoms with Crippen LogP contribution in [0, 0.1) is 5.92 Å². The first-order valence-electron chi connectivity index (χ1n) is 7.88. The predicted molar refractivity (Wildman–Crippen MR) is 100 cm³/mol. The third-order valence-corrected chi connectivity index (χ3v) is 4.12. The first-order valence-corrected chi connectivity index (χ1v) is 7.88. The van der Waals surface area contributed by atoms with Crippen molar-refractivity contribution in [2.75, 3.05) is 13.1 Å². The fourth-order valence-corrected chi connectivity index (χ4v) is 2.90. The first kappa shape index (κ1) is 22.2. The maximum absolute atomic E-state index is 11.6. The molecule has 2 rings (SSSR count). The molecule has 0 aromatic heterocycles. The second kappa shape index (κ2) is 10.9. The molecule has 1 aromatic rings. The van der Waals surface area contributed by atoms with Gasteiger partial charge in [0.25, 0.3) is 0 Å². The first-order chi connectivity index (χ1) is 10.1. The fourth-order valence-electron chi connectivity index (χ4n) is 2.90. The minimum atomic E-state index is -0.458. The van der Waals surface area contributed by atoms with Gasteiger partial charge in [0.05, 0.1) is 6.04 Å². The summed E-state index contributed by atoms with van der Waals surface area (Å²) in [5, 5.41) is 2.90. The Morgan fingerprint density at radius 3 is 2.61 bits per heavy atom. The van der Waals surface area contributed by atoms with Gasteiger partial charge in [-0.3, -0.25) is 9.69 Å². The van der Waals surface area contributed by atoms with E-state index in [1.807, 2.05) is 6.07 Å². The van der Waals surface area contributed by atoms with Crippen LogP contribution in [0.4, 0.5) is 0 Å². The van der Waals surface area contributed by atoms with Crippen LogP contribution in [0.2, 0.25) is 0 Å². The maximum atomic E-state index is 11.6. The smallest absolute Gasteiger partial charge is 0.236 e. The molecule has 132 valence electrons. The lowest BCUT2D eigenvalue weighted by atomic mass is 9.99. The van der Waals surface area contributed by atoms with Crippen LogP contribution < -0.4 is 11.1 Å². The number of hydrogen-bond acceptors (Lipinski definition) is 3. The van der Waals surface area contributed by atoms with Gasteiger partial charge in [0.15, 0.2) is 0 Å².